The Morgan fingerprint density at radius 2 is 1.80 bits per heavy atom. The lowest BCUT2D eigenvalue weighted by molar-refractivity contribution is 0.274. The number of nitrogens with zero attached hydrogens (tertiary/aromatic N) is 1. The van der Waals surface area contributed by atoms with Crippen molar-refractivity contribution in [2.24, 2.45) is 0 Å². The van der Waals surface area contributed by atoms with E-state index in [9.17, 15) is 8.42 Å². The first-order valence-electron chi connectivity index (χ1n) is 5.91. The fraction of sp³-hybridized carbons (Fsp3) is 0.500. The number of halogens is 1. The zero-order chi connectivity index (χ0) is 14.0. The molecule has 0 amide bonds. The van der Waals surface area contributed by atoms with E-state index in [-0.39, 0.29) is 23.3 Å². The Kier molecular flexibility index (Phi) is 5.64. The summed E-state index contributed by atoms with van der Waals surface area (Å²) in [5.41, 5.74) is 0. The van der Waals surface area contributed by atoms with Gasteiger partial charge in [-0.2, -0.15) is 4.31 Å². The van der Waals surface area contributed by atoms with Crippen LogP contribution in [0.25, 0.3) is 0 Å². The van der Waals surface area contributed by atoms with Gasteiger partial charge in [-0.3, -0.25) is 0 Å². The molecule has 1 N–H and O–H groups in total. The standard InChI is InChI=1S/C12H18N2O4S.ClH/c1-14(9-7-13-8-9)19(15,16)10-4-5-11(17-2)12(6-10)18-3;/h4-6,9,13H,7-8H2,1-3H3;1H. The van der Waals surface area contributed by atoms with Gasteiger partial charge in [-0.25, -0.2) is 8.42 Å². The normalized spacial score (nSPS) is 15.4. The number of hydrogen-bond donors (Lipinski definition) is 1. The average Bonchev–Trinajstić information content (AvgIpc) is 2.35. The van der Waals surface area contributed by atoms with Crippen LogP contribution in [0, 0.1) is 0 Å². The Morgan fingerprint density at radius 1 is 1.20 bits per heavy atom. The quantitative estimate of drug-likeness (QED) is 0.865. The molecule has 1 aromatic carbocycles. The summed E-state index contributed by atoms with van der Waals surface area (Å²) < 4.78 is 36.5. The van der Waals surface area contributed by atoms with Crippen LogP contribution >= 0.6 is 12.4 Å². The van der Waals surface area contributed by atoms with Crippen molar-refractivity contribution in [1.29, 1.82) is 0 Å². The summed E-state index contributed by atoms with van der Waals surface area (Å²) in [5, 5.41) is 3.06. The monoisotopic (exact) mass is 322 g/mol. The number of benzene rings is 1. The predicted octanol–water partition coefficient (Wildman–Crippen LogP) is 0.718. The molecule has 8 heteroatoms. The lowest BCUT2D eigenvalue weighted by atomic mass is 10.2. The fourth-order valence-electron chi connectivity index (χ4n) is 1.87. The van der Waals surface area contributed by atoms with E-state index in [2.05, 4.69) is 5.32 Å². The molecule has 0 bridgehead atoms. The van der Waals surface area contributed by atoms with Crippen molar-refractivity contribution < 1.29 is 17.9 Å². The van der Waals surface area contributed by atoms with Crippen LogP contribution in [0.3, 0.4) is 0 Å². The highest BCUT2D eigenvalue weighted by atomic mass is 35.5. The van der Waals surface area contributed by atoms with Crippen molar-refractivity contribution in [2.75, 3.05) is 34.4 Å². The van der Waals surface area contributed by atoms with Crippen LogP contribution < -0.4 is 14.8 Å². The second-order valence-corrected chi connectivity index (χ2v) is 6.35. The van der Waals surface area contributed by atoms with Crippen LogP contribution in [-0.4, -0.2) is 53.1 Å². The summed E-state index contributed by atoms with van der Waals surface area (Å²) in [5.74, 6) is 0.915. The van der Waals surface area contributed by atoms with Gasteiger partial charge < -0.3 is 14.8 Å². The lowest BCUT2D eigenvalue weighted by Crippen LogP contribution is -2.57. The summed E-state index contributed by atoms with van der Waals surface area (Å²) in [4.78, 5) is 0.208. The number of nitrogens with one attached hydrogen (secondary N) is 1. The molecule has 0 atom stereocenters. The van der Waals surface area contributed by atoms with Gasteiger partial charge in [-0.1, -0.05) is 0 Å². The largest absolute Gasteiger partial charge is 0.493 e. The van der Waals surface area contributed by atoms with Crippen LogP contribution in [0.1, 0.15) is 0 Å². The summed E-state index contributed by atoms with van der Waals surface area (Å²) in [6.45, 7) is 1.37. The first kappa shape index (κ1) is 17.0. The van der Waals surface area contributed by atoms with E-state index >= 15 is 0 Å². The highest BCUT2D eigenvalue weighted by Crippen LogP contribution is 2.30. The smallest absolute Gasteiger partial charge is 0.243 e. The predicted molar refractivity (Wildman–Crippen MR) is 78.4 cm³/mol. The van der Waals surface area contributed by atoms with Crippen LogP contribution in [0.2, 0.25) is 0 Å². The average molecular weight is 323 g/mol. The van der Waals surface area contributed by atoms with E-state index in [1.807, 2.05) is 0 Å². The number of sulfonamides is 1. The van der Waals surface area contributed by atoms with Crippen LogP contribution in [0.15, 0.2) is 23.1 Å². The summed E-state index contributed by atoms with van der Waals surface area (Å²) in [6.07, 6.45) is 0. The first-order chi connectivity index (χ1) is 9.00. The van der Waals surface area contributed by atoms with Crippen molar-refractivity contribution in [3.05, 3.63) is 18.2 Å². The Balaban J connectivity index is 0.00000200. The molecule has 0 radical (unpaired) electrons. The van der Waals surface area contributed by atoms with E-state index in [1.54, 1.807) is 13.1 Å². The lowest BCUT2D eigenvalue weighted by Gasteiger charge is -2.34. The minimum Gasteiger partial charge on any atom is -0.493 e. The fourth-order valence-corrected chi connectivity index (χ4v) is 3.24. The molecular formula is C12H19ClN2O4S. The zero-order valence-corrected chi connectivity index (χ0v) is 13.3. The maximum absolute atomic E-state index is 12.4. The first-order valence-corrected chi connectivity index (χ1v) is 7.35. The second-order valence-electron chi connectivity index (χ2n) is 4.35. The van der Waals surface area contributed by atoms with Crippen LogP contribution in [0.5, 0.6) is 11.5 Å². The summed E-state index contributed by atoms with van der Waals surface area (Å²) in [7, 11) is 1.09. The van der Waals surface area contributed by atoms with E-state index < -0.39 is 10.0 Å². The molecule has 1 aliphatic heterocycles. The van der Waals surface area contributed by atoms with Crippen molar-refractivity contribution in [1.82, 2.24) is 9.62 Å². The summed E-state index contributed by atoms with van der Waals surface area (Å²) >= 11 is 0. The van der Waals surface area contributed by atoms with E-state index in [0.717, 1.165) is 0 Å². The molecule has 1 saturated heterocycles. The Hall–Kier alpha value is -1.02. The molecule has 2 rings (SSSR count). The Morgan fingerprint density at radius 3 is 2.25 bits per heavy atom. The molecule has 0 saturated carbocycles. The van der Waals surface area contributed by atoms with E-state index in [4.69, 9.17) is 9.47 Å². The second kappa shape index (κ2) is 6.62. The third-order valence-corrected chi connectivity index (χ3v) is 5.21. The maximum Gasteiger partial charge on any atom is 0.243 e. The SMILES string of the molecule is COc1ccc(S(=O)(=O)N(C)C2CNC2)cc1OC.Cl. The third kappa shape index (κ3) is 3.01. The van der Waals surface area contributed by atoms with E-state index in [0.29, 0.717) is 24.6 Å². The van der Waals surface area contributed by atoms with Gasteiger partial charge in [0.1, 0.15) is 0 Å². The number of ether oxygens (including phenoxy) is 2. The Bertz CT molecular complexity index is 561. The molecular weight excluding hydrogens is 304 g/mol. The molecule has 114 valence electrons. The number of methoxy groups -OCH3 is 2. The van der Waals surface area contributed by atoms with Crippen LogP contribution in [-0.2, 0) is 10.0 Å². The van der Waals surface area contributed by atoms with Crippen molar-refractivity contribution in [3.63, 3.8) is 0 Å². The minimum absolute atomic E-state index is 0. The van der Waals surface area contributed by atoms with Crippen molar-refractivity contribution >= 4 is 22.4 Å². The molecule has 1 heterocycles. The summed E-state index contributed by atoms with van der Waals surface area (Å²) in [6, 6.07) is 4.62. The van der Waals surface area contributed by atoms with Crippen molar-refractivity contribution in [2.45, 2.75) is 10.9 Å². The van der Waals surface area contributed by atoms with Gasteiger partial charge in [0.05, 0.1) is 19.1 Å². The van der Waals surface area contributed by atoms with Gasteiger partial charge in [0.2, 0.25) is 10.0 Å². The molecule has 0 aliphatic carbocycles. The highest BCUT2D eigenvalue weighted by Gasteiger charge is 2.32. The highest BCUT2D eigenvalue weighted by molar-refractivity contribution is 7.89. The van der Waals surface area contributed by atoms with Gasteiger partial charge in [-0.05, 0) is 12.1 Å². The molecule has 0 aromatic heterocycles. The molecule has 1 aromatic rings. The number of likely N-dealkylation sites (N-methyl/N-ethyl adjacent to an activating group) is 1. The van der Waals surface area contributed by atoms with Crippen molar-refractivity contribution in [3.8, 4) is 11.5 Å². The third-order valence-electron chi connectivity index (χ3n) is 3.31. The van der Waals surface area contributed by atoms with Crippen LogP contribution in [0.4, 0.5) is 0 Å². The number of rotatable bonds is 5. The molecule has 1 fully saturated rings. The van der Waals surface area contributed by atoms with Gasteiger partial charge in [0.25, 0.3) is 0 Å². The molecule has 1 aliphatic rings. The molecule has 6 nitrogen and oxygen atoms in total. The van der Waals surface area contributed by atoms with Gasteiger partial charge >= 0.3 is 0 Å². The molecule has 0 spiro atoms. The van der Waals surface area contributed by atoms with Gasteiger partial charge in [0, 0.05) is 32.2 Å². The molecule has 20 heavy (non-hydrogen) atoms. The van der Waals surface area contributed by atoms with Gasteiger partial charge in [-0.15, -0.1) is 12.4 Å². The van der Waals surface area contributed by atoms with E-state index in [1.165, 1.54) is 30.7 Å². The number of hydrogen-bond acceptors (Lipinski definition) is 5. The van der Waals surface area contributed by atoms with Gasteiger partial charge in [0.15, 0.2) is 11.5 Å². The zero-order valence-electron chi connectivity index (χ0n) is 11.6. The maximum atomic E-state index is 12.4. The topological polar surface area (TPSA) is 67.9 Å². The molecule has 0 unspecified atom stereocenters. The minimum atomic E-state index is -3.50. The Labute approximate surface area is 125 Å².